The molecule has 1 rings (SSSR count). The topological polar surface area (TPSA) is 63.6 Å². The Hall–Kier alpha value is -0.950. The van der Waals surface area contributed by atoms with Crippen molar-refractivity contribution in [3.8, 4) is 0 Å². The minimum absolute atomic E-state index is 0.00754. The van der Waals surface area contributed by atoms with Crippen LogP contribution < -0.4 is 0 Å². The lowest BCUT2D eigenvalue weighted by atomic mass is 9.83. The second-order valence-electron chi connectivity index (χ2n) is 6.77. The molecule has 1 N–H and O–H groups in total. The van der Waals surface area contributed by atoms with E-state index in [1.807, 2.05) is 68.5 Å². The molecule has 0 fully saturated rings. The third kappa shape index (κ3) is 6.44. The van der Waals surface area contributed by atoms with E-state index in [1.54, 1.807) is 6.07 Å². The van der Waals surface area contributed by atoms with Crippen molar-refractivity contribution in [2.45, 2.75) is 52.7 Å². The summed E-state index contributed by atoms with van der Waals surface area (Å²) in [5, 5.41) is 8.83. The van der Waals surface area contributed by atoms with Crippen molar-refractivity contribution in [3.63, 3.8) is 0 Å². The number of halogens is 1. The molecule has 0 aliphatic rings. The average Bonchev–Trinajstić information content (AvgIpc) is 2.35. The highest BCUT2D eigenvalue weighted by Crippen LogP contribution is 2.33. The molecule has 0 heterocycles. The lowest BCUT2D eigenvalue weighted by molar-refractivity contribution is -0.136. The van der Waals surface area contributed by atoms with Crippen molar-refractivity contribution in [2.75, 3.05) is 0 Å². The summed E-state index contributed by atoms with van der Waals surface area (Å²) in [4.78, 5) is 22.4. The predicted octanol–water partition coefficient (Wildman–Crippen LogP) is 3.99. The molecule has 0 aliphatic carbocycles. The van der Waals surface area contributed by atoms with Crippen LogP contribution in [0.15, 0.2) is 24.3 Å². The van der Waals surface area contributed by atoms with Gasteiger partial charge in [0.25, 0.3) is 0 Å². The molecule has 1 aromatic rings. The fraction of sp³-hybridized carbons (Fsp3) is 0.529. The largest absolute Gasteiger partial charge is 0.481 e. The molecule has 22 heavy (non-hydrogen) atoms. The summed E-state index contributed by atoms with van der Waals surface area (Å²) in [6, 6.07) is 7.39. The molecule has 0 aliphatic heterocycles. The third-order valence-corrected chi connectivity index (χ3v) is 4.84. The first kappa shape index (κ1) is 19.1. The maximum absolute atomic E-state index is 11.6. The van der Waals surface area contributed by atoms with Crippen LogP contribution in [0.5, 0.6) is 0 Å². The van der Waals surface area contributed by atoms with Crippen LogP contribution in [-0.2, 0) is 27.4 Å². The number of carbonyl (C=O) groups is 2. The molecule has 0 radical (unpaired) electrons. The number of carbonyl (C=O) groups excluding carboxylic acids is 1. The van der Waals surface area contributed by atoms with Gasteiger partial charge in [0.15, 0.2) is 3.79 Å². The maximum Gasteiger partial charge on any atom is 0.307 e. The van der Waals surface area contributed by atoms with Crippen molar-refractivity contribution in [3.05, 3.63) is 35.4 Å². The highest BCUT2D eigenvalue weighted by molar-refractivity contribution is 14.1. The smallest absolute Gasteiger partial charge is 0.307 e. The number of rotatable bonds is 8. The lowest BCUT2D eigenvalue weighted by Crippen LogP contribution is -2.34. The molecule has 0 bridgehead atoms. The molecular weight excluding hydrogens is 395 g/mol. The molecule has 5 heteroatoms. The number of carboxylic acids is 1. The fourth-order valence-corrected chi connectivity index (χ4v) is 2.66. The van der Waals surface area contributed by atoms with Crippen molar-refractivity contribution in [1.82, 2.24) is 0 Å². The van der Waals surface area contributed by atoms with Crippen molar-refractivity contribution in [2.24, 2.45) is 5.41 Å². The molecule has 1 aromatic carbocycles. The highest BCUT2D eigenvalue weighted by atomic mass is 127. The first-order chi connectivity index (χ1) is 10.0. The van der Waals surface area contributed by atoms with Gasteiger partial charge in [-0.3, -0.25) is 9.59 Å². The Morgan fingerprint density at radius 1 is 1.18 bits per heavy atom. The number of carboxylic acid groups (broad SMARTS) is 1. The Kier molecular flexibility index (Phi) is 6.55. The van der Waals surface area contributed by atoms with Gasteiger partial charge < -0.3 is 9.84 Å². The van der Waals surface area contributed by atoms with Gasteiger partial charge in [-0.1, -0.05) is 38.1 Å². The van der Waals surface area contributed by atoms with E-state index in [2.05, 4.69) is 0 Å². The molecule has 0 saturated carbocycles. The fourth-order valence-electron chi connectivity index (χ4n) is 2.47. The van der Waals surface area contributed by atoms with Gasteiger partial charge in [-0.15, -0.1) is 0 Å². The van der Waals surface area contributed by atoms with Gasteiger partial charge in [0.2, 0.25) is 0 Å². The summed E-state index contributed by atoms with van der Waals surface area (Å²) in [5.74, 6) is -0.847. The van der Waals surface area contributed by atoms with Gasteiger partial charge in [0, 0.05) is 28.0 Å². The number of hydrogen-bond acceptors (Lipinski definition) is 3. The Morgan fingerprint density at radius 3 is 2.32 bits per heavy atom. The van der Waals surface area contributed by atoms with E-state index in [9.17, 15) is 9.59 Å². The van der Waals surface area contributed by atoms with Crippen molar-refractivity contribution < 1.29 is 19.4 Å². The normalized spacial score (nSPS) is 12.2. The minimum Gasteiger partial charge on any atom is -0.481 e. The third-order valence-electron chi connectivity index (χ3n) is 3.38. The first-order valence-electron chi connectivity index (χ1n) is 7.15. The van der Waals surface area contributed by atoms with Gasteiger partial charge in [-0.2, -0.15) is 0 Å². The van der Waals surface area contributed by atoms with Gasteiger partial charge in [-0.25, -0.2) is 0 Å². The van der Waals surface area contributed by atoms with Crippen LogP contribution in [0.4, 0.5) is 0 Å². The zero-order valence-electron chi connectivity index (χ0n) is 13.5. The van der Waals surface area contributed by atoms with Crippen LogP contribution in [0.3, 0.4) is 0 Å². The molecule has 0 amide bonds. The molecule has 0 spiro atoms. The second kappa shape index (κ2) is 7.55. The van der Waals surface area contributed by atoms with E-state index in [-0.39, 0.29) is 10.2 Å². The highest BCUT2D eigenvalue weighted by Gasteiger charge is 2.33. The quantitative estimate of drug-likeness (QED) is 0.513. The molecule has 0 saturated heterocycles. The molecule has 0 aromatic heterocycles. The minimum atomic E-state index is -0.847. The predicted molar refractivity (Wildman–Crippen MR) is 94.1 cm³/mol. The van der Waals surface area contributed by atoms with Gasteiger partial charge in [-0.05, 0) is 31.4 Å². The Balaban J connectivity index is 2.68. The van der Waals surface area contributed by atoms with E-state index in [4.69, 9.17) is 9.84 Å². The van der Waals surface area contributed by atoms with Gasteiger partial charge in [0.05, 0.1) is 18.6 Å². The monoisotopic (exact) mass is 418 g/mol. The molecular formula is C17H23IO4. The van der Waals surface area contributed by atoms with E-state index in [1.165, 1.54) is 0 Å². The van der Waals surface area contributed by atoms with Crippen LogP contribution >= 0.6 is 22.6 Å². The number of hydrogen-bond donors (Lipinski definition) is 1. The van der Waals surface area contributed by atoms with E-state index in [0.29, 0.717) is 13.0 Å². The van der Waals surface area contributed by atoms with Crippen LogP contribution in [-0.4, -0.2) is 20.5 Å². The van der Waals surface area contributed by atoms with Crippen LogP contribution in [0.25, 0.3) is 0 Å². The van der Waals surface area contributed by atoms with Crippen LogP contribution in [0.1, 0.15) is 45.2 Å². The Labute approximate surface area is 145 Å². The first-order valence-corrected chi connectivity index (χ1v) is 8.23. The summed E-state index contributed by atoms with van der Waals surface area (Å²) in [6.07, 6.45) is 0.629. The van der Waals surface area contributed by atoms with Gasteiger partial charge in [0.1, 0.15) is 0 Å². The summed E-state index contributed by atoms with van der Waals surface area (Å²) < 4.78 is 6.07. The summed E-state index contributed by atoms with van der Waals surface area (Å²) in [5.41, 5.74) is 0.821. The number of ether oxygens (including phenoxy) is 1. The number of benzene rings is 1. The second-order valence-corrected chi connectivity index (χ2v) is 7.75. The Morgan fingerprint density at radius 2 is 1.77 bits per heavy atom. The Bertz CT molecular complexity index is 549. The van der Waals surface area contributed by atoms with Crippen LogP contribution in [0, 0.1) is 5.41 Å². The van der Waals surface area contributed by atoms with Crippen LogP contribution in [0.2, 0.25) is 0 Å². The summed E-state index contributed by atoms with van der Waals surface area (Å²) >= 11 is 1.83. The molecule has 0 atom stereocenters. The summed E-state index contributed by atoms with van der Waals surface area (Å²) in [7, 11) is 0. The van der Waals surface area contributed by atoms with Crippen molar-refractivity contribution in [1.29, 1.82) is 0 Å². The van der Waals surface area contributed by atoms with E-state index >= 15 is 0 Å². The zero-order valence-corrected chi connectivity index (χ0v) is 15.6. The number of aliphatic carboxylic acids is 1. The summed E-state index contributed by atoms with van der Waals surface area (Å²) in [6.45, 7) is 8.16. The van der Waals surface area contributed by atoms with Crippen molar-refractivity contribution >= 4 is 32.4 Å². The van der Waals surface area contributed by atoms with Gasteiger partial charge >= 0.3 is 5.97 Å². The molecule has 0 unspecified atom stereocenters. The standard InChI is InChI=1S/C17H23IO4/c1-16(2,15(18)21)11-17(3,4)22-10-13-7-5-6-12(8-13)9-14(19)20/h5-8H,9-11H2,1-4H3,(H,19,20). The van der Waals surface area contributed by atoms with E-state index < -0.39 is 17.0 Å². The SMILES string of the molecule is CC(C)(CC(C)(C)C(=O)I)OCc1cccc(CC(=O)O)c1. The average molecular weight is 418 g/mol. The maximum atomic E-state index is 11.6. The van der Waals surface area contributed by atoms with E-state index in [0.717, 1.165) is 11.1 Å². The molecule has 122 valence electrons. The lowest BCUT2D eigenvalue weighted by Gasteiger charge is -2.33. The molecule has 4 nitrogen and oxygen atoms in total. The zero-order chi connectivity index (χ0) is 17.0.